The van der Waals surface area contributed by atoms with E-state index in [4.69, 9.17) is 11.6 Å². The summed E-state index contributed by atoms with van der Waals surface area (Å²) in [6.45, 7) is 0.399. The number of urea groups is 1. The van der Waals surface area contributed by atoms with Gasteiger partial charge in [0.2, 0.25) is 0 Å². The van der Waals surface area contributed by atoms with Gasteiger partial charge in [-0.1, -0.05) is 0 Å². The van der Waals surface area contributed by atoms with Crippen LogP contribution >= 0.6 is 11.6 Å². The van der Waals surface area contributed by atoms with Crippen LogP contribution in [0.1, 0.15) is 0 Å². The molecule has 0 fully saturated rings. The summed E-state index contributed by atoms with van der Waals surface area (Å²) < 4.78 is 0. The van der Waals surface area contributed by atoms with E-state index in [-0.39, 0.29) is 11.7 Å². The van der Waals surface area contributed by atoms with Gasteiger partial charge in [-0.25, -0.2) is 9.59 Å². The molecule has 0 aliphatic rings. The second-order valence-corrected chi connectivity index (χ2v) is 3.79. The maximum Gasteiger partial charge on any atom is 0.323 e. The number of fused-ring (bicyclic) bond motifs is 1. The number of hydrogen-bond donors (Lipinski definition) is 4. The highest BCUT2D eigenvalue weighted by Crippen LogP contribution is 2.14. The van der Waals surface area contributed by atoms with Crippen LogP contribution in [0, 0.1) is 0 Å². The smallest absolute Gasteiger partial charge is 0.323 e. The average Bonchev–Trinajstić information content (AvgIpc) is 2.65. The lowest BCUT2D eigenvalue weighted by Gasteiger charge is -2.05. The Hall–Kier alpha value is -1.95. The second kappa shape index (κ2) is 4.92. The van der Waals surface area contributed by atoms with Crippen molar-refractivity contribution < 1.29 is 4.79 Å². The summed E-state index contributed by atoms with van der Waals surface area (Å²) in [6.07, 6.45) is 0. The number of amides is 2. The van der Waals surface area contributed by atoms with Crippen molar-refractivity contribution >= 4 is 34.4 Å². The van der Waals surface area contributed by atoms with E-state index in [1.54, 1.807) is 18.2 Å². The van der Waals surface area contributed by atoms with E-state index in [9.17, 15) is 9.59 Å². The number of hydrogen-bond acceptors (Lipinski definition) is 2. The Bertz CT molecular complexity index is 589. The topological polar surface area (TPSA) is 89.8 Å². The molecule has 17 heavy (non-hydrogen) atoms. The monoisotopic (exact) mass is 254 g/mol. The molecule has 0 aliphatic heterocycles. The fraction of sp³-hybridized carbons (Fsp3) is 0.200. The molecule has 0 bridgehead atoms. The Balaban J connectivity index is 2.13. The first-order chi connectivity index (χ1) is 8.19. The Labute approximate surface area is 101 Å². The molecule has 0 saturated carbocycles. The number of alkyl halides is 1. The summed E-state index contributed by atoms with van der Waals surface area (Å²) in [5.41, 5.74) is 1.66. The minimum atomic E-state index is -0.331. The molecule has 4 N–H and O–H groups in total. The van der Waals surface area contributed by atoms with E-state index >= 15 is 0 Å². The van der Waals surface area contributed by atoms with Crippen molar-refractivity contribution in [3.05, 3.63) is 28.7 Å². The standard InChI is InChI=1S/C10H11ClN4O2/c11-3-4-12-9(16)13-6-1-2-7-8(5-6)15-10(17)14-7/h1-2,5H,3-4H2,(H2,12,13,16)(H2,14,15,17). The van der Waals surface area contributed by atoms with Crippen LogP contribution in [-0.4, -0.2) is 28.4 Å². The molecule has 0 atom stereocenters. The van der Waals surface area contributed by atoms with E-state index in [0.717, 1.165) is 0 Å². The summed E-state index contributed by atoms with van der Waals surface area (Å²) >= 11 is 5.44. The zero-order valence-corrected chi connectivity index (χ0v) is 9.60. The molecule has 1 heterocycles. The molecular weight excluding hydrogens is 244 g/mol. The number of H-pyrrole nitrogens is 2. The molecule has 0 radical (unpaired) electrons. The number of benzene rings is 1. The zero-order valence-electron chi connectivity index (χ0n) is 8.84. The minimum absolute atomic E-state index is 0.274. The normalized spacial score (nSPS) is 10.4. The number of aromatic amines is 2. The Morgan fingerprint density at radius 1 is 1.29 bits per heavy atom. The van der Waals surface area contributed by atoms with Crippen LogP contribution in [0.15, 0.2) is 23.0 Å². The molecule has 7 heteroatoms. The number of aromatic nitrogens is 2. The molecule has 0 unspecified atom stereocenters. The molecule has 0 aliphatic carbocycles. The fourth-order valence-corrected chi connectivity index (χ4v) is 1.54. The van der Waals surface area contributed by atoms with Gasteiger partial charge in [-0.05, 0) is 18.2 Å². The van der Waals surface area contributed by atoms with Crippen molar-refractivity contribution in [1.29, 1.82) is 0 Å². The van der Waals surface area contributed by atoms with Crippen LogP contribution < -0.4 is 16.3 Å². The number of carbonyl (C=O) groups is 1. The van der Waals surface area contributed by atoms with Gasteiger partial charge in [0.1, 0.15) is 0 Å². The largest absolute Gasteiger partial charge is 0.337 e. The van der Waals surface area contributed by atoms with Gasteiger partial charge in [0.25, 0.3) is 0 Å². The van der Waals surface area contributed by atoms with Crippen LogP contribution in [0.25, 0.3) is 11.0 Å². The number of imidazole rings is 1. The molecule has 90 valence electrons. The van der Waals surface area contributed by atoms with Gasteiger partial charge in [-0.2, -0.15) is 0 Å². The predicted octanol–water partition coefficient (Wildman–Crippen LogP) is 1.22. The number of halogens is 1. The molecular formula is C10H11ClN4O2. The zero-order chi connectivity index (χ0) is 12.3. The van der Waals surface area contributed by atoms with Gasteiger partial charge in [0, 0.05) is 18.1 Å². The SMILES string of the molecule is O=C(NCCCl)Nc1ccc2[nH]c(=O)[nH]c2c1. The van der Waals surface area contributed by atoms with Gasteiger partial charge in [-0.15, -0.1) is 11.6 Å². The summed E-state index contributed by atoms with van der Waals surface area (Å²) in [5.74, 6) is 0.359. The van der Waals surface area contributed by atoms with Crippen LogP contribution in [0.3, 0.4) is 0 Å². The van der Waals surface area contributed by atoms with Crippen molar-refractivity contribution in [1.82, 2.24) is 15.3 Å². The van der Waals surface area contributed by atoms with Gasteiger partial charge in [0.05, 0.1) is 11.0 Å². The highest BCUT2D eigenvalue weighted by Gasteiger charge is 2.03. The minimum Gasteiger partial charge on any atom is -0.337 e. The summed E-state index contributed by atoms with van der Waals surface area (Å²) in [4.78, 5) is 27.6. The highest BCUT2D eigenvalue weighted by molar-refractivity contribution is 6.18. The Morgan fingerprint density at radius 3 is 2.82 bits per heavy atom. The maximum atomic E-state index is 11.4. The fourth-order valence-electron chi connectivity index (χ4n) is 1.45. The van der Waals surface area contributed by atoms with Crippen molar-refractivity contribution in [2.75, 3.05) is 17.7 Å². The predicted molar refractivity (Wildman–Crippen MR) is 66.7 cm³/mol. The van der Waals surface area contributed by atoms with E-state index in [1.165, 1.54) is 0 Å². The van der Waals surface area contributed by atoms with Crippen LogP contribution in [0.5, 0.6) is 0 Å². The lowest BCUT2D eigenvalue weighted by Crippen LogP contribution is -2.30. The van der Waals surface area contributed by atoms with E-state index in [2.05, 4.69) is 20.6 Å². The molecule has 0 saturated heterocycles. The van der Waals surface area contributed by atoms with Crippen molar-refractivity contribution in [3.63, 3.8) is 0 Å². The van der Waals surface area contributed by atoms with Crippen molar-refractivity contribution in [2.24, 2.45) is 0 Å². The van der Waals surface area contributed by atoms with Gasteiger partial charge in [-0.3, -0.25) is 0 Å². The summed E-state index contributed by atoms with van der Waals surface area (Å²) in [5, 5.41) is 5.21. The number of anilines is 1. The third kappa shape index (κ3) is 2.79. The quantitative estimate of drug-likeness (QED) is 0.621. The number of carbonyl (C=O) groups excluding carboxylic acids is 1. The maximum absolute atomic E-state index is 11.4. The molecule has 6 nitrogen and oxygen atoms in total. The second-order valence-electron chi connectivity index (χ2n) is 3.41. The molecule has 2 aromatic rings. The number of nitrogens with one attached hydrogen (secondary N) is 4. The summed E-state index contributed by atoms with van der Waals surface area (Å²) in [6, 6.07) is 4.76. The molecule has 2 rings (SSSR count). The van der Waals surface area contributed by atoms with E-state index < -0.39 is 0 Å². The lowest BCUT2D eigenvalue weighted by atomic mass is 10.3. The molecule has 2 amide bonds. The average molecular weight is 255 g/mol. The molecule has 0 spiro atoms. The van der Waals surface area contributed by atoms with Crippen LogP contribution in [0.4, 0.5) is 10.5 Å². The lowest BCUT2D eigenvalue weighted by molar-refractivity contribution is 0.252. The first-order valence-corrected chi connectivity index (χ1v) is 5.55. The third-order valence-corrected chi connectivity index (χ3v) is 2.34. The molecule has 1 aromatic heterocycles. The van der Waals surface area contributed by atoms with E-state index in [1.807, 2.05) is 0 Å². The summed E-state index contributed by atoms with van der Waals surface area (Å²) in [7, 11) is 0. The van der Waals surface area contributed by atoms with Gasteiger partial charge < -0.3 is 20.6 Å². The molecule has 1 aromatic carbocycles. The van der Waals surface area contributed by atoms with Crippen LogP contribution in [-0.2, 0) is 0 Å². The van der Waals surface area contributed by atoms with Gasteiger partial charge >= 0.3 is 11.7 Å². The Morgan fingerprint density at radius 2 is 2.06 bits per heavy atom. The van der Waals surface area contributed by atoms with Gasteiger partial charge in [0.15, 0.2) is 0 Å². The van der Waals surface area contributed by atoms with Crippen molar-refractivity contribution in [2.45, 2.75) is 0 Å². The van der Waals surface area contributed by atoms with E-state index in [0.29, 0.717) is 29.1 Å². The Kier molecular flexibility index (Phi) is 3.34. The van der Waals surface area contributed by atoms with Crippen molar-refractivity contribution in [3.8, 4) is 0 Å². The third-order valence-electron chi connectivity index (χ3n) is 2.15. The van der Waals surface area contributed by atoms with Crippen LogP contribution in [0.2, 0.25) is 0 Å². The number of rotatable bonds is 3. The highest BCUT2D eigenvalue weighted by atomic mass is 35.5. The first-order valence-electron chi connectivity index (χ1n) is 5.02. The first kappa shape index (κ1) is 11.5.